The number of rotatable bonds is 7. The molecular weight excluding hydrogens is 322 g/mol. The van der Waals surface area contributed by atoms with Crippen LogP contribution in [-0.2, 0) is 14.3 Å². The van der Waals surface area contributed by atoms with E-state index in [4.69, 9.17) is 19.5 Å². The first-order chi connectivity index (χ1) is 12.1. The van der Waals surface area contributed by atoms with Crippen LogP contribution in [0.4, 0.5) is 4.79 Å². The molecule has 0 unspecified atom stereocenters. The minimum atomic E-state index is -0.795. The second-order valence-corrected chi connectivity index (χ2v) is 5.11. The number of esters is 1. The molecule has 0 bridgehead atoms. The maximum Gasteiger partial charge on any atom is 0.513 e. The number of benzene rings is 2. The van der Waals surface area contributed by atoms with Crippen molar-refractivity contribution in [2.45, 2.75) is 12.8 Å². The van der Waals surface area contributed by atoms with E-state index in [9.17, 15) is 9.59 Å². The van der Waals surface area contributed by atoms with Gasteiger partial charge in [0.05, 0.1) is 24.8 Å². The number of unbranched alkanes of at least 4 members (excludes halogenated alkanes) is 1. The first kappa shape index (κ1) is 18.0. The summed E-state index contributed by atoms with van der Waals surface area (Å²) < 4.78 is 14.9. The van der Waals surface area contributed by atoms with Gasteiger partial charge in [0, 0.05) is 6.08 Å². The van der Waals surface area contributed by atoms with Crippen molar-refractivity contribution in [1.29, 1.82) is 5.26 Å². The molecule has 0 fully saturated rings. The average Bonchev–Trinajstić information content (AvgIpc) is 2.63. The maximum absolute atomic E-state index is 11.7. The lowest BCUT2D eigenvalue weighted by atomic mass is 10.1. The maximum atomic E-state index is 11.7. The second kappa shape index (κ2) is 9.08. The van der Waals surface area contributed by atoms with Gasteiger partial charge in [0.25, 0.3) is 0 Å². The Morgan fingerprint density at radius 2 is 1.72 bits per heavy atom. The van der Waals surface area contributed by atoms with Gasteiger partial charge in [-0.3, -0.25) is 0 Å². The molecule has 0 amide bonds. The first-order valence-electron chi connectivity index (χ1n) is 7.70. The Bertz CT molecular complexity index is 822. The zero-order valence-electron chi connectivity index (χ0n) is 13.6. The van der Waals surface area contributed by atoms with E-state index in [2.05, 4.69) is 12.6 Å². The Labute approximate surface area is 145 Å². The van der Waals surface area contributed by atoms with Gasteiger partial charge in [-0.05, 0) is 47.9 Å². The summed E-state index contributed by atoms with van der Waals surface area (Å²) in [4.78, 5) is 22.5. The number of carbonyl (C=O) groups is 2. The summed E-state index contributed by atoms with van der Waals surface area (Å²) in [6, 6.07) is 12.4. The van der Waals surface area contributed by atoms with Gasteiger partial charge in [-0.1, -0.05) is 18.7 Å². The standard InChI is InChI=1S/C19H17NO5/c1-2-18(21)23-9-3-4-10-24-19(22)25-17-8-7-15-11-14(13-20)5-6-16(15)12-17/h2,5-8,11-12H,1,3-4,9-10H2. The summed E-state index contributed by atoms with van der Waals surface area (Å²) in [6.07, 6.45) is 1.42. The summed E-state index contributed by atoms with van der Waals surface area (Å²) in [5.74, 6) is -0.111. The fourth-order valence-electron chi connectivity index (χ4n) is 2.07. The van der Waals surface area contributed by atoms with E-state index >= 15 is 0 Å². The summed E-state index contributed by atoms with van der Waals surface area (Å²) in [5.41, 5.74) is 0.569. The third kappa shape index (κ3) is 5.66. The van der Waals surface area contributed by atoms with Crippen molar-refractivity contribution in [3.05, 3.63) is 54.6 Å². The summed E-state index contributed by atoms with van der Waals surface area (Å²) in [7, 11) is 0. The van der Waals surface area contributed by atoms with E-state index in [1.165, 1.54) is 0 Å². The van der Waals surface area contributed by atoms with Crippen LogP contribution in [0.5, 0.6) is 5.75 Å². The van der Waals surface area contributed by atoms with Crippen molar-refractivity contribution in [2.24, 2.45) is 0 Å². The predicted octanol–water partition coefficient (Wildman–Crippen LogP) is 3.74. The Hall–Kier alpha value is -3.33. The SMILES string of the molecule is C=CC(=O)OCCCCOC(=O)Oc1ccc2cc(C#N)ccc2c1. The van der Waals surface area contributed by atoms with Crippen molar-refractivity contribution in [3.8, 4) is 11.8 Å². The monoisotopic (exact) mass is 339 g/mol. The van der Waals surface area contributed by atoms with Gasteiger partial charge in [-0.15, -0.1) is 0 Å². The zero-order chi connectivity index (χ0) is 18.1. The van der Waals surface area contributed by atoms with Crippen molar-refractivity contribution in [2.75, 3.05) is 13.2 Å². The molecule has 0 N–H and O–H groups in total. The molecule has 0 aliphatic heterocycles. The van der Waals surface area contributed by atoms with E-state index < -0.39 is 12.1 Å². The van der Waals surface area contributed by atoms with Gasteiger partial charge in [-0.2, -0.15) is 5.26 Å². The molecule has 6 nitrogen and oxygen atoms in total. The number of nitrogens with zero attached hydrogens (tertiary/aromatic N) is 1. The summed E-state index contributed by atoms with van der Waals surface area (Å²) in [5, 5.41) is 10.6. The molecule has 0 atom stereocenters. The molecular formula is C19H17NO5. The van der Waals surface area contributed by atoms with Crippen molar-refractivity contribution in [3.63, 3.8) is 0 Å². The fourth-order valence-corrected chi connectivity index (χ4v) is 2.07. The van der Waals surface area contributed by atoms with Crippen molar-refractivity contribution in [1.82, 2.24) is 0 Å². The second-order valence-electron chi connectivity index (χ2n) is 5.11. The van der Waals surface area contributed by atoms with E-state index in [0.717, 1.165) is 16.8 Å². The van der Waals surface area contributed by atoms with Crippen molar-refractivity contribution < 1.29 is 23.8 Å². The Morgan fingerprint density at radius 1 is 1.04 bits per heavy atom. The number of carbonyl (C=O) groups excluding carboxylic acids is 2. The first-order valence-corrected chi connectivity index (χ1v) is 7.70. The van der Waals surface area contributed by atoms with Crippen LogP contribution >= 0.6 is 0 Å². The van der Waals surface area contributed by atoms with Crippen LogP contribution in [0.1, 0.15) is 18.4 Å². The number of ether oxygens (including phenoxy) is 3. The van der Waals surface area contributed by atoms with Crippen LogP contribution in [0.3, 0.4) is 0 Å². The smallest absolute Gasteiger partial charge is 0.463 e. The largest absolute Gasteiger partial charge is 0.513 e. The van der Waals surface area contributed by atoms with Gasteiger partial charge < -0.3 is 14.2 Å². The lowest BCUT2D eigenvalue weighted by Gasteiger charge is -2.07. The number of hydrogen-bond donors (Lipinski definition) is 0. The van der Waals surface area contributed by atoms with Gasteiger partial charge in [0.1, 0.15) is 5.75 Å². The van der Waals surface area contributed by atoms with Crippen LogP contribution in [0.2, 0.25) is 0 Å². The van der Waals surface area contributed by atoms with Crippen LogP contribution in [-0.4, -0.2) is 25.3 Å². The molecule has 0 aliphatic carbocycles. The van der Waals surface area contributed by atoms with E-state index in [1.54, 1.807) is 36.4 Å². The Morgan fingerprint density at radius 3 is 2.44 bits per heavy atom. The van der Waals surface area contributed by atoms with Crippen molar-refractivity contribution >= 4 is 22.9 Å². The highest BCUT2D eigenvalue weighted by Gasteiger charge is 2.07. The number of hydrogen-bond acceptors (Lipinski definition) is 6. The molecule has 2 aromatic carbocycles. The molecule has 2 rings (SSSR count). The van der Waals surface area contributed by atoms with Gasteiger partial charge in [0.2, 0.25) is 0 Å². The number of fused-ring (bicyclic) bond motifs is 1. The normalized spacial score (nSPS) is 9.88. The minimum absolute atomic E-state index is 0.170. The Kier molecular flexibility index (Phi) is 6.55. The highest BCUT2D eigenvalue weighted by Crippen LogP contribution is 2.22. The van der Waals surface area contributed by atoms with E-state index in [-0.39, 0.29) is 13.2 Å². The molecule has 0 saturated carbocycles. The molecule has 0 saturated heterocycles. The lowest BCUT2D eigenvalue weighted by molar-refractivity contribution is -0.137. The zero-order valence-corrected chi connectivity index (χ0v) is 13.6. The molecule has 0 heterocycles. The third-order valence-electron chi connectivity index (χ3n) is 3.31. The summed E-state index contributed by atoms with van der Waals surface area (Å²) in [6.45, 7) is 3.71. The summed E-state index contributed by atoms with van der Waals surface area (Å²) >= 11 is 0. The van der Waals surface area contributed by atoms with Crippen LogP contribution in [0.15, 0.2) is 49.1 Å². The van der Waals surface area contributed by atoms with Crippen LogP contribution in [0.25, 0.3) is 10.8 Å². The third-order valence-corrected chi connectivity index (χ3v) is 3.31. The molecule has 0 radical (unpaired) electrons. The Balaban J connectivity index is 1.77. The molecule has 6 heteroatoms. The number of nitriles is 1. The molecule has 0 spiro atoms. The minimum Gasteiger partial charge on any atom is -0.463 e. The van der Waals surface area contributed by atoms with Crippen LogP contribution < -0.4 is 4.74 Å². The van der Waals surface area contributed by atoms with Gasteiger partial charge in [-0.25, -0.2) is 9.59 Å². The topological polar surface area (TPSA) is 85.6 Å². The fraction of sp³-hybridized carbons (Fsp3) is 0.211. The lowest BCUT2D eigenvalue weighted by Crippen LogP contribution is -2.12. The molecule has 0 aliphatic rings. The molecule has 0 aromatic heterocycles. The molecule has 25 heavy (non-hydrogen) atoms. The highest BCUT2D eigenvalue weighted by atomic mass is 16.7. The predicted molar refractivity (Wildman–Crippen MR) is 91.0 cm³/mol. The molecule has 2 aromatic rings. The van der Waals surface area contributed by atoms with E-state index in [0.29, 0.717) is 24.2 Å². The average molecular weight is 339 g/mol. The van der Waals surface area contributed by atoms with Gasteiger partial charge >= 0.3 is 12.1 Å². The van der Waals surface area contributed by atoms with Crippen LogP contribution in [0, 0.1) is 11.3 Å². The highest BCUT2D eigenvalue weighted by molar-refractivity contribution is 5.85. The van der Waals surface area contributed by atoms with Gasteiger partial charge in [0.15, 0.2) is 0 Å². The molecule has 128 valence electrons. The van der Waals surface area contributed by atoms with E-state index in [1.807, 2.05) is 0 Å². The quantitative estimate of drug-likeness (QED) is 0.331.